The number of piperazine rings is 1. The molecule has 15 heteroatoms. The van der Waals surface area contributed by atoms with Gasteiger partial charge in [-0.15, -0.1) is 0 Å². The van der Waals surface area contributed by atoms with Crippen molar-refractivity contribution >= 4 is 55.3 Å². The number of halogens is 1. The van der Waals surface area contributed by atoms with E-state index >= 15 is 0 Å². The molecule has 0 spiro atoms. The van der Waals surface area contributed by atoms with Gasteiger partial charge in [0.25, 0.3) is 5.69 Å². The van der Waals surface area contributed by atoms with Crippen molar-refractivity contribution in [2.45, 2.75) is 51.0 Å². The topological polar surface area (TPSA) is 155 Å². The summed E-state index contributed by atoms with van der Waals surface area (Å²) >= 11 is 6.24. The van der Waals surface area contributed by atoms with Crippen LogP contribution >= 0.6 is 11.6 Å². The number of hydrogen-bond donors (Lipinski definition) is 3. The molecular formula is C44H50ClN7O6S. The van der Waals surface area contributed by atoms with Crippen LogP contribution in [0.1, 0.15) is 50.7 Å². The highest BCUT2D eigenvalue weighted by atomic mass is 35.5. The third-order valence-corrected chi connectivity index (χ3v) is 13.4. The number of rotatable bonds is 14. The maximum absolute atomic E-state index is 13.6. The highest BCUT2D eigenvalue weighted by Crippen LogP contribution is 2.43. The second-order valence-electron chi connectivity index (χ2n) is 16.5. The number of sulfonamides is 1. The monoisotopic (exact) mass is 839 g/mol. The van der Waals surface area contributed by atoms with E-state index in [-0.39, 0.29) is 34.1 Å². The predicted octanol–water partition coefficient (Wildman–Crippen LogP) is 8.63. The summed E-state index contributed by atoms with van der Waals surface area (Å²) in [6.07, 6.45) is 7.59. The van der Waals surface area contributed by atoms with Crippen molar-refractivity contribution in [2.24, 2.45) is 11.3 Å². The highest BCUT2D eigenvalue weighted by molar-refractivity contribution is 7.89. The molecule has 3 aromatic carbocycles. The van der Waals surface area contributed by atoms with Crippen molar-refractivity contribution in [2.75, 3.05) is 62.7 Å². The van der Waals surface area contributed by atoms with Crippen LogP contribution in [0, 0.1) is 21.4 Å². The Morgan fingerprint density at radius 1 is 1.05 bits per heavy atom. The molecule has 2 aliphatic heterocycles. The smallest absolute Gasteiger partial charge is 0.293 e. The van der Waals surface area contributed by atoms with Crippen molar-refractivity contribution in [1.29, 1.82) is 0 Å². The quantitative estimate of drug-likeness (QED) is 0.0731. The summed E-state index contributed by atoms with van der Waals surface area (Å²) in [5.74, 6) is 1.22. The first-order valence-corrected chi connectivity index (χ1v) is 22.0. The zero-order chi connectivity index (χ0) is 41.1. The van der Waals surface area contributed by atoms with Gasteiger partial charge in [-0.1, -0.05) is 49.2 Å². The number of H-pyrrole nitrogens is 1. The van der Waals surface area contributed by atoms with Gasteiger partial charge in [0.05, 0.1) is 22.6 Å². The first-order valence-electron chi connectivity index (χ1n) is 20.2. The van der Waals surface area contributed by atoms with Crippen molar-refractivity contribution in [3.63, 3.8) is 0 Å². The number of anilines is 2. The van der Waals surface area contributed by atoms with Gasteiger partial charge in [0.15, 0.2) is 0 Å². The van der Waals surface area contributed by atoms with Gasteiger partial charge in [-0.25, -0.2) is 18.1 Å². The third kappa shape index (κ3) is 9.74. The van der Waals surface area contributed by atoms with Crippen LogP contribution in [0.25, 0.3) is 16.6 Å². The minimum Gasteiger partial charge on any atom is -0.455 e. The van der Waals surface area contributed by atoms with Gasteiger partial charge in [-0.05, 0) is 84.7 Å². The minimum atomic E-state index is -4.15. The molecule has 0 radical (unpaired) electrons. The Bertz CT molecular complexity index is 2460. The van der Waals surface area contributed by atoms with Crippen LogP contribution < -0.4 is 19.7 Å². The standard InChI is InChI=1S/C44H50ClN7O6S/c1-44(2)14-11-34(39(24-44)31-3-6-35(45)7-4-31)28-50-16-18-51(19-17-50)36-8-5-33(42(22-36)58-37-21-32-12-15-46-43(32)48-27-37)26-49-59(55,56)38-9-10-40(41(23-38)52(53)54)47-25-30-13-20-57-29-30/h3-10,12,15,21-23,27,30,47,49H,11,13-14,16-20,24-26,28-29H2,1-2H3,(H,46,48). The molecule has 4 heterocycles. The van der Waals surface area contributed by atoms with Gasteiger partial charge in [0.2, 0.25) is 10.0 Å². The summed E-state index contributed by atoms with van der Waals surface area (Å²) in [7, 11) is -4.15. The molecule has 0 saturated carbocycles. The highest BCUT2D eigenvalue weighted by Gasteiger charge is 2.30. The second-order valence-corrected chi connectivity index (χ2v) is 18.7. The SMILES string of the molecule is CC1(C)CCC(CN2CCN(c3ccc(CNS(=O)(=O)c4ccc(NCC5CCOC5)c([N+](=O)[O-])c4)c(Oc4cnc5[nH]ccc5c4)c3)CC2)=C(c2ccc(Cl)cc2)C1. The largest absolute Gasteiger partial charge is 0.455 e. The van der Waals surface area contributed by atoms with E-state index < -0.39 is 14.9 Å². The Kier molecular flexibility index (Phi) is 12.0. The third-order valence-electron chi connectivity index (χ3n) is 11.7. The number of nitro benzene ring substituents is 1. The van der Waals surface area contributed by atoms with Crippen LogP contribution in [0.4, 0.5) is 17.1 Å². The van der Waals surface area contributed by atoms with Gasteiger partial charge in [-0.2, -0.15) is 0 Å². The first kappa shape index (κ1) is 40.8. The van der Waals surface area contributed by atoms with E-state index in [9.17, 15) is 18.5 Å². The predicted molar refractivity (Wildman–Crippen MR) is 232 cm³/mol. The summed E-state index contributed by atoms with van der Waals surface area (Å²) in [4.78, 5) is 23.7. The number of aromatic amines is 1. The summed E-state index contributed by atoms with van der Waals surface area (Å²) in [6, 6.07) is 21.8. The molecule has 59 heavy (non-hydrogen) atoms. The van der Waals surface area contributed by atoms with E-state index in [0.717, 1.165) is 86.2 Å². The Morgan fingerprint density at radius 3 is 2.63 bits per heavy atom. The Hall–Kier alpha value is -4.99. The van der Waals surface area contributed by atoms with Crippen molar-refractivity contribution in [1.82, 2.24) is 19.6 Å². The lowest BCUT2D eigenvalue weighted by atomic mass is 9.72. The number of ether oxygens (including phenoxy) is 2. The number of allylic oxidation sites excluding steroid dienone is 1. The number of fused-ring (bicyclic) bond motifs is 1. The molecule has 1 atom stereocenters. The molecular weight excluding hydrogens is 790 g/mol. The number of nitro groups is 1. The van der Waals surface area contributed by atoms with Gasteiger partial charge in [0, 0.05) is 98.3 Å². The Labute approximate surface area is 350 Å². The van der Waals surface area contributed by atoms with Crippen molar-refractivity contribution in [3.05, 3.63) is 117 Å². The van der Waals surface area contributed by atoms with E-state index in [0.29, 0.717) is 36.8 Å². The average molecular weight is 840 g/mol. The van der Waals surface area contributed by atoms with Crippen LogP contribution in [0.15, 0.2) is 95.7 Å². The number of aromatic nitrogens is 2. The second kappa shape index (κ2) is 17.3. The fraction of sp³-hybridized carbons (Fsp3) is 0.386. The van der Waals surface area contributed by atoms with Crippen molar-refractivity contribution in [3.8, 4) is 11.5 Å². The van der Waals surface area contributed by atoms with E-state index in [1.54, 1.807) is 6.20 Å². The number of nitrogens with zero attached hydrogens (tertiary/aromatic N) is 4. The molecule has 8 rings (SSSR count). The molecule has 0 amide bonds. The van der Waals surface area contributed by atoms with Gasteiger partial charge in [-0.3, -0.25) is 15.0 Å². The maximum atomic E-state index is 13.6. The lowest BCUT2D eigenvalue weighted by molar-refractivity contribution is -0.384. The number of benzene rings is 3. The summed E-state index contributed by atoms with van der Waals surface area (Å²) < 4.78 is 41.8. The van der Waals surface area contributed by atoms with Gasteiger partial charge >= 0.3 is 0 Å². The molecule has 13 nitrogen and oxygen atoms in total. The molecule has 310 valence electrons. The lowest BCUT2D eigenvalue weighted by Crippen LogP contribution is -2.47. The van der Waals surface area contributed by atoms with E-state index in [4.69, 9.17) is 21.1 Å². The van der Waals surface area contributed by atoms with E-state index in [1.807, 2.05) is 48.7 Å². The maximum Gasteiger partial charge on any atom is 0.293 e. The molecule has 2 fully saturated rings. The summed E-state index contributed by atoms with van der Waals surface area (Å²) in [6.45, 7) is 10.7. The fourth-order valence-corrected chi connectivity index (χ4v) is 9.37. The zero-order valence-electron chi connectivity index (χ0n) is 33.4. The van der Waals surface area contributed by atoms with Crippen LogP contribution in [0.5, 0.6) is 11.5 Å². The number of nitrogens with one attached hydrogen (secondary N) is 3. The Balaban J connectivity index is 0.986. The molecule has 2 saturated heterocycles. The Morgan fingerprint density at radius 2 is 1.86 bits per heavy atom. The number of pyridine rings is 1. The summed E-state index contributed by atoms with van der Waals surface area (Å²) in [5, 5.41) is 16.7. The molecule has 1 unspecified atom stereocenters. The van der Waals surface area contributed by atoms with Crippen molar-refractivity contribution < 1.29 is 22.8 Å². The molecule has 2 aromatic heterocycles. The molecule has 0 bridgehead atoms. The van der Waals surface area contributed by atoms with Crippen LogP contribution in [-0.2, 0) is 21.3 Å². The van der Waals surface area contributed by atoms with E-state index in [2.05, 4.69) is 55.8 Å². The van der Waals surface area contributed by atoms with E-state index in [1.165, 1.54) is 28.8 Å². The van der Waals surface area contributed by atoms with Crippen LogP contribution in [0.3, 0.4) is 0 Å². The van der Waals surface area contributed by atoms with Gasteiger partial charge in [0.1, 0.15) is 22.8 Å². The normalized spacial score (nSPS) is 18.7. The summed E-state index contributed by atoms with van der Waals surface area (Å²) in [5.41, 5.74) is 6.70. The van der Waals surface area contributed by atoms with Gasteiger partial charge < -0.3 is 24.7 Å². The first-order chi connectivity index (χ1) is 28.4. The fourth-order valence-electron chi connectivity index (χ4n) is 8.22. The van der Waals surface area contributed by atoms with Crippen LogP contribution in [-0.4, -0.2) is 80.7 Å². The zero-order valence-corrected chi connectivity index (χ0v) is 34.9. The number of hydrogen-bond acceptors (Lipinski definition) is 10. The molecule has 5 aromatic rings. The molecule has 3 aliphatic rings. The van der Waals surface area contributed by atoms with Crippen LogP contribution in [0.2, 0.25) is 5.02 Å². The molecule has 3 N–H and O–H groups in total. The minimum absolute atomic E-state index is 0.108. The molecule has 1 aliphatic carbocycles. The lowest BCUT2D eigenvalue weighted by Gasteiger charge is -2.39. The average Bonchev–Trinajstić information content (AvgIpc) is 3.93.